The van der Waals surface area contributed by atoms with E-state index in [4.69, 9.17) is 0 Å². The lowest BCUT2D eigenvalue weighted by molar-refractivity contribution is 0.626. The van der Waals surface area contributed by atoms with Crippen molar-refractivity contribution < 1.29 is 4.39 Å². The van der Waals surface area contributed by atoms with Crippen LogP contribution in [0, 0.1) is 12.7 Å². The third-order valence-electron chi connectivity index (χ3n) is 2.81. The summed E-state index contributed by atoms with van der Waals surface area (Å²) in [5.41, 5.74) is 3.32. The van der Waals surface area contributed by atoms with E-state index in [9.17, 15) is 4.39 Å². The Morgan fingerprint density at radius 3 is 2.75 bits per heavy atom. The third kappa shape index (κ3) is 3.46. The molecule has 0 saturated carbocycles. The fraction of sp³-hybridized carbons (Fsp3) is 0.429. The van der Waals surface area contributed by atoms with Crippen LogP contribution in [-0.4, -0.2) is 12.6 Å². The summed E-state index contributed by atoms with van der Waals surface area (Å²) in [5.74, 6) is -0.174. The molecule has 1 aromatic rings. The first kappa shape index (κ1) is 12.9. The molecule has 1 rings (SSSR count). The van der Waals surface area contributed by atoms with Gasteiger partial charge in [-0.3, -0.25) is 0 Å². The quantitative estimate of drug-likeness (QED) is 0.820. The normalized spacial score (nSPS) is 13.9. The predicted octanol–water partition coefficient (Wildman–Crippen LogP) is 3.54. The van der Waals surface area contributed by atoms with E-state index in [2.05, 4.69) is 32.2 Å². The lowest BCUT2D eigenvalue weighted by atomic mass is 10.0. The van der Waals surface area contributed by atoms with E-state index in [0.29, 0.717) is 6.04 Å². The molecule has 0 bridgehead atoms. The molecule has 0 aliphatic rings. The van der Waals surface area contributed by atoms with Crippen LogP contribution < -0.4 is 5.32 Å². The van der Waals surface area contributed by atoms with Crippen LogP contribution in [0.15, 0.2) is 23.8 Å². The van der Waals surface area contributed by atoms with Gasteiger partial charge in [-0.1, -0.05) is 24.6 Å². The average molecular weight is 221 g/mol. The van der Waals surface area contributed by atoms with Gasteiger partial charge in [0.25, 0.3) is 0 Å². The Morgan fingerprint density at radius 2 is 2.19 bits per heavy atom. The number of benzene rings is 1. The predicted molar refractivity (Wildman–Crippen MR) is 67.9 cm³/mol. The zero-order valence-electron chi connectivity index (χ0n) is 10.5. The third-order valence-corrected chi connectivity index (χ3v) is 2.81. The molecule has 0 saturated heterocycles. The minimum Gasteiger partial charge on any atom is -0.311 e. The van der Waals surface area contributed by atoms with E-state index < -0.39 is 0 Å². The van der Waals surface area contributed by atoms with Gasteiger partial charge in [0.2, 0.25) is 0 Å². The van der Waals surface area contributed by atoms with Crippen LogP contribution in [-0.2, 0) is 0 Å². The van der Waals surface area contributed by atoms with Crippen molar-refractivity contribution in [3.63, 3.8) is 0 Å². The van der Waals surface area contributed by atoms with Gasteiger partial charge < -0.3 is 5.32 Å². The summed E-state index contributed by atoms with van der Waals surface area (Å²) < 4.78 is 12.9. The molecule has 1 aromatic carbocycles. The van der Waals surface area contributed by atoms with Gasteiger partial charge in [-0.25, -0.2) is 4.39 Å². The van der Waals surface area contributed by atoms with Crippen molar-refractivity contribution in [2.75, 3.05) is 6.54 Å². The summed E-state index contributed by atoms with van der Waals surface area (Å²) in [7, 11) is 0. The van der Waals surface area contributed by atoms with Crippen molar-refractivity contribution in [1.29, 1.82) is 0 Å². The largest absolute Gasteiger partial charge is 0.311 e. The Kier molecular flexibility index (Phi) is 4.69. The smallest absolute Gasteiger partial charge is 0.123 e. The summed E-state index contributed by atoms with van der Waals surface area (Å²) in [4.78, 5) is 0. The standard InChI is InChI=1S/C14H20FN/c1-5-16-12(4)10(2)8-13-6-7-14(15)9-11(13)3/h6-9,12,16H,5H2,1-4H3/b10-8+. The molecule has 0 aliphatic heterocycles. The summed E-state index contributed by atoms with van der Waals surface area (Å²) in [6, 6.07) is 5.25. The first-order chi connectivity index (χ1) is 7.54. The molecule has 1 N–H and O–H groups in total. The maximum Gasteiger partial charge on any atom is 0.123 e. The molecule has 0 heterocycles. The molecule has 2 heteroatoms. The Labute approximate surface area is 97.4 Å². The van der Waals surface area contributed by atoms with Crippen LogP contribution in [0.5, 0.6) is 0 Å². The van der Waals surface area contributed by atoms with Gasteiger partial charge in [-0.2, -0.15) is 0 Å². The molecule has 0 radical (unpaired) electrons. The molecule has 0 spiro atoms. The number of hydrogen-bond acceptors (Lipinski definition) is 1. The van der Waals surface area contributed by atoms with Crippen molar-refractivity contribution in [3.8, 4) is 0 Å². The van der Waals surface area contributed by atoms with Crippen molar-refractivity contribution in [2.24, 2.45) is 0 Å². The molecule has 88 valence electrons. The highest BCUT2D eigenvalue weighted by Gasteiger charge is 2.03. The van der Waals surface area contributed by atoms with Crippen LogP contribution in [0.4, 0.5) is 4.39 Å². The number of nitrogens with one attached hydrogen (secondary N) is 1. The minimum atomic E-state index is -0.174. The molecular formula is C14H20FN. The van der Waals surface area contributed by atoms with E-state index in [1.54, 1.807) is 6.07 Å². The maximum atomic E-state index is 12.9. The Bertz CT molecular complexity index is 382. The second-order valence-electron chi connectivity index (χ2n) is 4.17. The van der Waals surface area contributed by atoms with Crippen molar-refractivity contribution in [1.82, 2.24) is 5.32 Å². The maximum absolute atomic E-state index is 12.9. The zero-order chi connectivity index (χ0) is 12.1. The fourth-order valence-corrected chi connectivity index (χ4v) is 1.64. The fourth-order valence-electron chi connectivity index (χ4n) is 1.64. The van der Waals surface area contributed by atoms with Crippen LogP contribution in [0.25, 0.3) is 6.08 Å². The molecule has 0 amide bonds. The monoisotopic (exact) mass is 221 g/mol. The average Bonchev–Trinajstić information content (AvgIpc) is 2.22. The Morgan fingerprint density at radius 1 is 1.50 bits per heavy atom. The van der Waals surface area contributed by atoms with E-state index in [-0.39, 0.29) is 5.82 Å². The molecule has 0 fully saturated rings. The lowest BCUT2D eigenvalue weighted by Crippen LogP contribution is -2.26. The second kappa shape index (κ2) is 5.80. The molecule has 1 atom stereocenters. The first-order valence-corrected chi connectivity index (χ1v) is 5.72. The molecule has 16 heavy (non-hydrogen) atoms. The SMILES string of the molecule is CCNC(C)/C(C)=C/c1ccc(F)cc1C. The summed E-state index contributed by atoms with van der Waals surface area (Å²) in [5, 5.41) is 3.35. The zero-order valence-corrected chi connectivity index (χ0v) is 10.5. The van der Waals surface area contributed by atoms with Crippen LogP contribution in [0.1, 0.15) is 31.9 Å². The molecule has 0 aromatic heterocycles. The molecule has 0 aliphatic carbocycles. The van der Waals surface area contributed by atoms with Crippen LogP contribution >= 0.6 is 0 Å². The number of halogens is 1. The number of likely N-dealkylation sites (N-methyl/N-ethyl adjacent to an activating group) is 1. The summed E-state index contributed by atoms with van der Waals surface area (Å²) in [6.07, 6.45) is 2.11. The van der Waals surface area contributed by atoms with Crippen LogP contribution in [0.3, 0.4) is 0 Å². The van der Waals surface area contributed by atoms with Gasteiger partial charge in [0, 0.05) is 6.04 Å². The Balaban J connectivity index is 2.89. The van der Waals surface area contributed by atoms with E-state index >= 15 is 0 Å². The molecule has 1 nitrogen and oxygen atoms in total. The van der Waals surface area contributed by atoms with Crippen molar-refractivity contribution in [2.45, 2.75) is 33.7 Å². The van der Waals surface area contributed by atoms with E-state index in [1.807, 2.05) is 13.0 Å². The first-order valence-electron chi connectivity index (χ1n) is 5.72. The number of hydrogen-bond donors (Lipinski definition) is 1. The highest BCUT2D eigenvalue weighted by molar-refractivity contribution is 5.57. The lowest BCUT2D eigenvalue weighted by Gasteiger charge is -2.13. The minimum absolute atomic E-state index is 0.174. The van der Waals surface area contributed by atoms with Crippen molar-refractivity contribution in [3.05, 3.63) is 40.7 Å². The second-order valence-corrected chi connectivity index (χ2v) is 4.17. The topological polar surface area (TPSA) is 12.0 Å². The number of rotatable bonds is 4. The van der Waals surface area contributed by atoms with E-state index in [1.165, 1.54) is 11.6 Å². The highest BCUT2D eigenvalue weighted by atomic mass is 19.1. The van der Waals surface area contributed by atoms with E-state index in [0.717, 1.165) is 17.7 Å². The van der Waals surface area contributed by atoms with Gasteiger partial charge >= 0.3 is 0 Å². The summed E-state index contributed by atoms with van der Waals surface area (Å²) >= 11 is 0. The van der Waals surface area contributed by atoms with Gasteiger partial charge in [0.05, 0.1) is 0 Å². The van der Waals surface area contributed by atoms with Gasteiger partial charge in [-0.05, 0) is 50.6 Å². The Hall–Kier alpha value is -1.15. The highest BCUT2D eigenvalue weighted by Crippen LogP contribution is 2.15. The van der Waals surface area contributed by atoms with Gasteiger partial charge in [0.15, 0.2) is 0 Å². The van der Waals surface area contributed by atoms with Gasteiger partial charge in [-0.15, -0.1) is 0 Å². The number of aryl methyl sites for hydroxylation is 1. The van der Waals surface area contributed by atoms with Gasteiger partial charge in [0.1, 0.15) is 5.82 Å². The molecular weight excluding hydrogens is 201 g/mol. The van der Waals surface area contributed by atoms with Crippen molar-refractivity contribution >= 4 is 6.08 Å². The molecule has 1 unspecified atom stereocenters. The van der Waals surface area contributed by atoms with Crippen LogP contribution in [0.2, 0.25) is 0 Å². The summed E-state index contributed by atoms with van der Waals surface area (Å²) in [6.45, 7) is 9.20.